The highest BCUT2D eigenvalue weighted by Gasteiger charge is 2.15. The van der Waals surface area contributed by atoms with Crippen molar-refractivity contribution >= 4 is 29.9 Å². The molecule has 0 spiro atoms. The number of halogens is 1. The van der Waals surface area contributed by atoms with E-state index in [2.05, 4.69) is 4.99 Å². The maximum atomic E-state index is 10.8. The Labute approximate surface area is 75.4 Å². The average Bonchev–Trinajstić information content (AvgIpc) is 1.94. The van der Waals surface area contributed by atoms with Crippen LogP contribution in [-0.2, 0) is 9.59 Å². The Bertz CT molecular complexity index is 280. The fraction of sp³-hybridized carbons (Fsp3) is 0.286. The number of aliphatic imine (C=N–C) groups is 1. The molecule has 66 valence electrons. The summed E-state index contributed by atoms with van der Waals surface area (Å²) in [6.07, 6.45) is 1.47. The van der Waals surface area contributed by atoms with Crippen molar-refractivity contribution in [2.45, 2.75) is 13.3 Å². The summed E-state index contributed by atoms with van der Waals surface area (Å²) in [6, 6.07) is 0. The molecule has 1 N–H and O–H groups in total. The molecule has 1 aliphatic rings. The number of ketones is 1. The minimum absolute atomic E-state index is 0. The van der Waals surface area contributed by atoms with Crippen LogP contribution < -0.4 is 0 Å². The Morgan fingerprint density at radius 1 is 1.67 bits per heavy atom. The number of hydrogen-bond donors (Lipinski definition) is 1. The van der Waals surface area contributed by atoms with Gasteiger partial charge in [0.05, 0.1) is 5.71 Å². The molecule has 0 aliphatic carbocycles. The molecule has 0 bridgehead atoms. The van der Waals surface area contributed by atoms with E-state index < -0.39 is 5.97 Å². The molecular formula is C7H8ClNO3. The lowest BCUT2D eigenvalue weighted by molar-refractivity contribution is -0.132. The van der Waals surface area contributed by atoms with E-state index in [1.165, 1.54) is 13.0 Å². The van der Waals surface area contributed by atoms with Crippen LogP contribution in [0.3, 0.4) is 0 Å². The zero-order valence-corrected chi connectivity index (χ0v) is 7.22. The molecule has 0 fully saturated rings. The van der Waals surface area contributed by atoms with E-state index in [0.29, 0.717) is 0 Å². The topological polar surface area (TPSA) is 66.7 Å². The van der Waals surface area contributed by atoms with Crippen LogP contribution in [0, 0.1) is 0 Å². The predicted molar refractivity (Wildman–Crippen MR) is 45.7 cm³/mol. The van der Waals surface area contributed by atoms with Crippen molar-refractivity contribution in [3.05, 3.63) is 11.8 Å². The molecule has 0 aromatic heterocycles. The highest BCUT2D eigenvalue weighted by atomic mass is 35.5. The summed E-state index contributed by atoms with van der Waals surface area (Å²) in [5.74, 6) is -1.20. The maximum Gasteiger partial charge on any atom is 0.354 e. The van der Waals surface area contributed by atoms with Gasteiger partial charge < -0.3 is 5.11 Å². The first-order valence-corrected chi connectivity index (χ1v) is 3.13. The Kier molecular flexibility index (Phi) is 3.63. The highest BCUT2D eigenvalue weighted by molar-refractivity contribution is 6.40. The summed E-state index contributed by atoms with van der Waals surface area (Å²) >= 11 is 0. The Hall–Kier alpha value is -1.16. The van der Waals surface area contributed by atoms with Gasteiger partial charge in [-0.3, -0.25) is 4.79 Å². The fourth-order valence-electron chi connectivity index (χ4n) is 0.761. The first kappa shape index (κ1) is 10.8. The number of Topliss-reactive ketones (excluding diaryl/α,β-unsaturated/α-hetero) is 1. The van der Waals surface area contributed by atoms with Crippen LogP contribution in [0.25, 0.3) is 0 Å². The fourth-order valence-corrected chi connectivity index (χ4v) is 0.761. The number of carboxylic acid groups (broad SMARTS) is 1. The lowest BCUT2D eigenvalue weighted by atomic mass is 10.1. The van der Waals surface area contributed by atoms with E-state index in [-0.39, 0.29) is 36.0 Å². The van der Waals surface area contributed by atoms with Crippen molar-refractivity contribution in [1.29, 1.82) is 0 Å². The third-order valence-corrected chi connectivity index (χ3v) is 1.39. The number of carbonyl (C=O) groups is 2. The quantitative estimate of drug-likeness (QED) is 0.664. The van der Waals surface area contributed by atoms with Crippen molar-refractivity contribution in [2.75, 3.05) is 0 Å². The molecule has 0 saturated heterocycles. The summed E-state index contributed by atoms with van der Waals surface area (Å²) < 4.78 is 0. The molecule has 0 aromatic rings. The molecule has 1 heterocycles. The van der Waals surface area contributed by atoms with Gasteiger partial charge in [-0.05, 0) is 13.0 Å². The molecule has 0 saturated carbocycles. The lowest BCUT2D eigenvalue weighted by Gasteiger charge is -2.03. The summed E-state index contributed by atoms with van der Waals surface area (Å²) in [6.45, 7) is 1.51. The molecule has 1 rings (SSSR count). The number of nitrogens with zero attached hydrogens (tertiary/aromatic N) is 1. The van der Waals surface area contributed by atoms with Crippen molar-refractivity contribution in [3.8, 4) is 0 Å². The molecule has 0 radical (unpaired) electrons. The normalized spacial score (nSPS) is 15.9. The second-order valence-electron chi connectivity index (χ2n) is 2.22. The molecule has 0 atom stereocenters. The zero-order valence-electron chi connectivity index (χ0n) is 6.40. The van der Waals surface area contributed by atoms with Gasteiger partial charge in [-0.25, -0.2) is 9.79 Å². The first-order valence-electron chi connectivity index (χ1n) is 3.13. The number of rotatable bonds is 1. The van der Waals surface area contributed by atoms with Crippen LogP contribution in [0.2, 0.25) is 0 Å². The molecule has 12 heavy (non-hydrogen) atoms. The van der Waals surface area contributed by atoms with Gasteiger partial charge in [0.25, 0.3) is 0 Å². The van der Waals surface area contributed by atoms with Gasteiger partial charge in [0.2, 0.25) is 0 Å². The van der Waals surface area contributed by atoms with Crippen molar-refractivity contribution < 1.29 is 14.7 Å². The van der Waals surface area contributed by atoms with Crippen LogP contribution in [0.15, 0.2) is 16.8 Å². The molecule has 0 aromatic carbocycles. The smallest absolute Gasteiger partial charge is 0.354 e. The minimum Gasteiger partial charge on any atom is -0.477 e. The third kappa shape index (κ3) is 2.17. The number of carbonyl (C=O) groups excluding carboxylic acids is 1. The van der Waals surface area contributed by atoms with Gasteiger partial charge in [0.15, 0.2) is 5.78 Å². The molecule has 0 unspecified atom stereocenters. The van der Waals surface area contributed by atoms with E-state index in [1.807, 2.05) is 0 Å². The van der Waals surface area contributed by atoms with E-state index in [0.717, 1.165) is 0 Å². The second kappa shape index (κ2) is 4.01. The maximum absolute atomic E-state index is 10.8. The zero-order chi connectivity index (χ0) is 8.43. The van der Waals surface area contributed by atoms with E-state index in [1.54, 1.807) is 0 Å². The standard InChI is InChI=1S/C7H7NO3.ClH/c1-4-6(9)3-2-5(8-4)7(10)11;/h2H,3H2,1H3,(H,10,11);1H. The molecule has 4 nitrogen and oxygen atoms in total. The van der Waals surface area contributed by atoms with Crippen molar-refractivity contribution in [3.63, 3.8) is 0 Å². The minimum atomic E-state index is -1.09. The van der Waals surface area contributed by atoms with Crippen LogP contribution in [0.5, 0.6) is 0 Å². The average molecular weight is 190 g/mol. The molecular weight excluding hydrogens is 182 g/mol. The van der Waals surface area contributed by atoms with Gasteiger partial charge in [-0.2, -0.15) is 0 Å². The van der Waals surface area contributed by atoms with Crippen molar-refractivity contribution in [2.24, 2.45) is 4.99 Å². The SMILES string of the molecule is CC1=NC(C(=O)O)=CCC1=O.Cl. The van der Waals surface area contributed by atoms with E-state index in [9.17, 15) is 9.59 Å². The Morgan fingerprint density at radius 3 is 2.67 bits per heavy atom. The summed E-state index contributed by atoms with van der Waals surface area (Å²) in [4.78, 5) is 24.7. The largest absolute Gasteiger partial charge is 0.477 e. The summed E-state index contributed by atoms with van der Waals surface area (Å²) in [5.41, 5.74) is 0.229. The highest BCUT2D eigenvalue weighted by Crippen LogP contribution is 2.07. The number of carboxylic acids is 1. The van der Waals surface area contributed by atoms with Crippen molar-refractivity contribution in [1.82, 2.24) is 0 Å². The second-order valence-corrected chi connectivity index (χ2v) is 2.22. The van der Waals surface area contributed by atoms with Crippen LogP contribution in [0.1, 0.15) is 13.3 Å². The molecule has 5 heteroatoms. The number of allylic oxidation sites excluding steroid dienone is 1. The summed E-state index contributed by atoms with van der Waals surface area (Å²) in [7, 11) is 0. The number of aliphatic carboxylic acids is 1. The van der Waals surface area contributed by atoms with Gasteiger partial charge in [0.1, 0.15) is 5.70 Å². The van der Waals surface area contributed by atoms with Gasteiger partial charge in [0, 0.05) is 6.42 Å². The molecule has 1 aliphatic heterocycles. The monoisotopic (exact) mass is 189 g/mol. The van der Waals surface area contributed by atoms with E-state index in [4.69, 9.17) is 5.11 Å². The first-order chi connectivity index (χ1) is 5.11. The lowest BCUT2D eigenvalue weighted by Crippen LogP contribution is -2.15. The number of hydrogen-bond acceptors (Lipinski definition) is 3. The van der Waals surface area contributed by atoms with Gasteiger partial charge in [-0.15, -0.1) is 12.4 Å². The Balaban J connectivity index is 0.00000121. The van der Waals surface area contributed by atoms with Gasteiger partial charge >= 0.3 is 5.97 Å². The van der Waals surface area contributed by atoms with Crippen LogP contribution in [-0.4, -0.2) is 22.6 Å². The predicted octanol–water partition coefficient (Wildman–Crippen LogP) is 0.810. The van der Waals surface area contributed by atoms with E-state index >= 15 is 0 Å². The van der Waals surface area contributed by atoms with Crippen LogP contribution in [0.4, 0.5) is 0 Å². The summed E-state index contributed by atoms with van der Waals surface area (Å²) in [5, 5.41) is 8.46. The Morgan fingerprint density at radius 2 is 2.25 bits per heavy atom. The van der Waals surface area contributed by atoms with Gasteiger partial charge in [-0.1, -0.05) is 0 Å². The van der Waals surface area contributed by atoms with Crippen LogP contribution >= 0.6 is 12.4 Å². The molecule has 0 amide bonds. The third-order valence-electron chi connectivity index (χ3n) is 1.39.